The molecule has 0 bridgehead atoms. The van der Waals surface area contributed by atoms with Crippen LogP contribution in [0, 0.1) is 0 Å². The van der Waals surface area contributed by atoms with Crippen LogP contribution in [0.4, 0.5) is 0 Å². The smallest absolute Gasteiger partial charge is 0.338 e. The molecule has 1 aromatic heterocycles. The highest BCUT2D eigenvalue weighted by molar-refractivity contribution is 14.1. The Morgan fingerprint density at radius 2 is 2.00 bits per heavy atom. The molecule has 2 atom stereocenters. The average Bonchev–Trinajstić information content (AvgIpc) is 3.07. The summed E-state index contributed by atoms with van der Waals surface area (Å²) < 4.78 is 8.96. The van der Waals surface area contributed by atoms with Gasteiger partial charge in [-0.1, -0.05) is 18.2 Å². The molecular formula is C16H18IN3O5S. The molecule has 0 aliphatic carbocycles. The Bertz CT molecular complexity index is 797. The second-order valence-corrected chi connectivity index (χ2v) is 6.26. The number of nitrogens with one attached hydrogen (secondary N) is 2. The first-order valence-electron chi connectivity index (χ1n) is 7.74. The molecule has 0 fully saturated rings. The van der Waals surface area contributed by atoms with E-state index < -0.39 is 29.9 Å². The highest BCUT2D eigenvalue weighted by Crippen LogP contribution is 2.19. The fourth-order valence-corrected chi connectivity index (χ4v) is 2.95. The van der Waals surface area contributed by atoms with E-state index in [1.165, 1.54) is 23.0 Å². The van der Waals surface area contributed by atoms with Crippen molar-refractivity contribution in [1.82, 2.24) is 10.3 Å². The summed E-state index contributed by atoms with van der Waals surface area (Å²) in [6, 6.07) is 5.84. The lowest BCUT2D eigenvalue weighted by molar-refractivity contribution is -0.137. The summed E-state index contributed by atoms with van der Waals surface area (Å²) in [7, 11) is 0. The van der Waals surface area contributed by atoms with Crippen LogP contribution < -0.4 is 11.1 Å². The van der Waals surface area contributed by atoms with Gasteiger partial charge in [0, 0.05) is 42.9 Å². The number of benzene rings is 1. The molecule has 1 amide bonds. The lowest BCUT2D eigenvalue weighted by Gasteiger charge is -2.16. The molecule has 0 saturated carbocycles. The molecule has 0 spiro atoms. The van der Waals surface area contributed by atoms with Crippen LogP contribution in [0.25, 0.3) is 10.9 Å². The number of rotatable bonds is 8. The predicted molar refractivity (Wildman–Crippen MR) is 106 cm³/mol. The van der Waals surface area contributed by atoms with Gasteiger partial charge in [-0.3, -0.25) is 4.79 Å². The quantitative estimate of drug-likeness (QED) is 0.253. The van der Waals surface area contributed by atoms with Crippen molar-refractivity contribution in [3.05, 3.63) is 36.0 Å². The fraction of sp³-hybridized carbons (Fsp3) is 0.312. The highest BCUT2D eigenvalue weighted by Gasteiger charge is 2.24. The standard InChI is InChI=1S/C16H18IN3O5S/c17-24-16(23)13(20-14(21)6-5-11(18)15(22)25-26)7-9-8-19-12-4-2-1-3-10(9)12/h1-4,8,11,13,19,26H,5-7,18H2,(H,20,21). The first-order chi connectivity index (χ1) is 12.5. The lowest BCUT2D eigenvalue weighted by atomic mass is 10.0. The van der Waals surface area contributed by atoms with Gasteiger partial charge in [0.25, 0.3) is 0 Å². The molecule has 0 aliphatic heterocycles. The van der Waals surface area contributed by atoms with Gasteiger partial charge in [0.15, 0.2) is 23.0 Å². The zero-order valence-electron chi connectivity index (χ0n) is 13.6. The number of halogens is 1. The molecule has 0 radical (unpaired) electrons. The van der Waals surface area contributed by atoms with E-state index in [9.17, 15) is 14.4 Å². The van der Waals surface area contributed by atoms with Gasteiger partial charge in [0.05, 0.1) is 0 Å². The minimum Gasteiger partial charge on any atom is -0.393 e. The Kier molecular flexibility index (Phi) is 7.72. The number of carbonyl (C=O) groups excluding carboxylic acids is 3. The van der Waals surface area contributed by atoms with Gasteiger partial charge < -0.3 is 23.3 Å². The second-order valence-electron chi connectivity index (χ2n) is 5.64. The predicted octanol–water partition coefficient (Wildman–Crippen LogP) is 1.58. The lowest BCUT2D eigenvalue weighted by Crippen LogP contribution is -2.43. The first-order valence-corrected chi connectivity index (χ1v) is 8.98. The molecule has 2 rings (SSSR count). The van der Waals surface area contributed by atoms with Crippen LogP contribution in [0.3, 0.4) is 0 Å². The number of hydrogen-bond donors (Lipinski definition) is 4. The Balaban J connectivity index is 2.02. The molecule has 2 aromatic rings. The summed E-state index contributed by atoms with van der Waals surface area (Å²) in [4.78, 5) is 38.5. The Labute approximate surface area is 169 Å². The monoisotopic (exact) mass is 491 g/mol. The maximum atomic E-state index is 12.1. The van der Waals surface area contributed by atoms with Crippen molar-refractivity contribution in [2.45, 2.75) is 31.3 Å². The van der Waals surface area contributed by atoms with E-state index in [4.69, 9.17) is 8.80 Å². The van der Waals surface area contributed by atoms with E-state index in [1.54, 1.807) is 6.20 Å². The molecule has 0 saturated heterocycles. The maximum Gasteiger partial charge on any atom is 0.338 e. The van der Waals surface area contributed by atoms with E-state index in [0.29, 0.717) is 0 Å². The zero-order valence-corrected chi connectivity index (χ0v) is 16.7. The normalized spacial score (nSPS) is 13.0. The van der Waals surface area contributed by atoms with Gasteiger partial charge in [-0.25, -0.2) is 9.59 Å². The Hall–Kier alpha value is -1.79. The number of fused-ring (bicyclic) bond motifs is 1. The molecule has 8 nitrogen and oxygen atoms in total. The average molecular weight is 491 g/mol. The van der Waals surface area contributed by atoms with Crippen LogP contribution in [-0.4, -0.2) is 34.9 Å². The van der Waals surface area contributed by atoms with Crippen LogP contribution >= 0.6 is 35.9 Å². The third-order valence-electron chi connectivity index (χ3n) is 3.87. The van der Waals surface area contributed by atoms with Crippen molar-refractivity contribution in [1.29, 1.82) is 0 Å². The number of nitrogens with two attached hydrogens (primary N) is 1. The van der Waals surface area contributed by atoms with Gasteiger partial charge in [0.2, 0.25) is 5.91 Å². The number of aromatic amines is 1. The van der Waals surface area contributed by atoms with Crippen LogP contribution in [0.2, 0.25) is 0 Å². The van der Waals surface area contributed by atoms with E-state index in [0.717, 1.165) is 16.5 Å². The molecule has 140 valence electrons. The number of carbonyl (C=O) groups is 3. The van der Waals surface area contributed by atoms with Crippen molar-refractivity contribution >= 4 is 64.7 Å². The maximum absolute atomic E-state index is 12.1. The minimum atomic E-state index is -0.957. The molecule has 1 aromatic carbocycles. The molecule has 26 heavy (non-hydrogen) atoms. The van der Waals surface area contributed by atoms with Crippen LogP contribution in [0.15, 0.2) is 30.5 Å². The van der Waals surface area contributed by atoms with Gasteiger partial charge in [0.1, 0.15) is 12.1 Å². The second kappa shape index (κ2) is 9.78. The SMILES string of the molecule is NC(CCC(=O)NC(Cc1c[nH]c2ccccc12)C(=O)OI)C(=O)OS. The summed E-state index contributed by atoms with van der Waals surface area (Å²) in [5.74, 6) is -1.70. The van der Waals surface area contributed by atoms with Crippen molar-refractivity contribution in [2.75, 3.05) is 0 Å². The number of para-hydroxylation sites is 1. The molecule has 1 heterocycles. The van der Waals surface area contributed by atoms with E-state index in [1.807, 2.05) is 24.3 Å². The van der Waals surface area contributed by atoms with E-state index >= 15 is 0 Å². The first kappa shape index (κ1) is 20.5. The van der Waals surface area contributed by atoms with Crippen molar-refractivity contribution in [3.8, 4) is 0 Å². The molecular weight excluding hydrogens is 473 g/mol. The topological polar surface area (TPSA) is 124 Å². The minimum absolute atomic E-state index is 0.0387. The Morgan fingerprint density at radius 1 is 1.27 bits per heavy atom. The summed E-state index contributed by atoms with van der Waals surface area (Å²) in [6.45, 7) is 0. The van der Waals surface area contributed by atoms with E-state index in [2.05, 4.69) is 27.4 Å². The van der Waals surface area contributed by atoms with Crippen LogP contribution in [0.5, 0.6) is 0 Å². The van der Waals surface area contributed by atoms with Crippen molar-refractivity contribution in [2.24, 2.45) is 5.73 Å². The number of thiol groups is 1. The zero-order chi connectivity index (χ0) is 19.1. The number of amides is 1. The van der Waals surface area contributed by atoms with Gasteiger partial charge in [-0.2, -0.15) is 0 Å². The summed E-state index contributed by atoms with van der Waals surface area (Å²) in [6.07, 6.45) is 2.10. The van der Waals surface area contributed by atoms with Crippen LogP contribution in [-0.2, 0) is 28.1 Å². The fourth-order valence-electron chi connectivity index (χ4n) is 2.51. The van der Waals surface area contributed by atoms with Crippen molar-refractivity contribution < 1.29 is 21.6 Å². The van der Waals surface area contributed by atoms with Crippen molar-refractivity contribution in [3.63, 3.8) is 0 Å². The van der Waals surface area contributed by atoms with Gasteiger partial charge >= 0.3 is 11.9 Å². The number of H-pyrrole nitrogens is 1. The number of hydrogen-bond acceptors (Lipinski definition) is 7. The largest absolute Gasteiger partial charge is 0.393 e. The third kappa shape index (κ3) is 5.35. The van der Waals surface area contributed by atoms with Crippen LogP contribution in [0.1, 0.15) is 18.4 Å². The summed E-state index contributed by atoms with van der Waals surface area (Å²) in [5, 5.41) is 3.59. The Morgan fingerprint density at radius 3 is 2.69 bits per heavy atom. The highest BCUT2D eigenvalue weighted by atomic mass is 127. The third-order valence-corrected chi connectivity index (χ3v) is 4.48. The number of aromatic nitrogens is 1. The van der Waals surface area contributed by atoms with Gasteiger partial charge in [-0.15, -0.1) is 0 Å². The molecule has 4 N–H and O–H groups in total. The molecule has 0 aliphatic rings. The molecule has 2 unspecified atom stereocenters. The summed E-state index contributed by atoms with van der Waals surface area (Å²) >= 11 is 4.86. The van der Waals surface area contributed by atoms with Gasteiger partial charge in [-0.05, 0) is 18.1 Å². The molecule has 10 heteroatoms. The summed E-state index contributed by atoms with van der Waals surface area (Å²) in [5.41, 5.74) is 7.38. The van der Waals surface area contributed by atoms with E-state index in [-0.39, 0.29) is 19.3 Å².